The molecule has 0 unspecified atom stereocenters. The van der Waals surface area contributed by atoms with Crippen LogP contribution in [0.1, 0.15) is 88.3 Å². The molecule has 3 aromatic rings. The molecule has 0 aliphatic heterocycles. The van der Waals surface area contributed by atoms with Crippen molar-refractivity contribution in [1.29, 1.82) is 0 Å². The molecule has 1 aromatic carbocycles. The Hall–Kier alpha value is -3.60. The summed E-state index contributed by atoms with van der Waals surface area (Å²) in [5, 5.41) is 7.04. The standard InChI is InChI=1S/C31H42N4O6S/c1-7-9-23-18-25-27(33-21-12-14-22(15-13-21)34-30(37)41-31(4,5)6)26(29(36)40-8-2)19-32-28(25)35(23)42(38,39)24-16-10-20(3)11-17-24/h10-11,16-19,21-22H,7-9,12-15H2,1-6H3,(H,32,33)(H,34,37). The third-order valence-electron chi connectivity index (χ3n) is 7.22. The Balaban J connectivity index is 1.70. The highest BCUT2D eigenvalue weighted by atomic mass is 32.2. The molecule has 1 saturated carbocycles. The van der Waals surface area contributed by atoms with Crippen molar-refractivity contribution >= 4 is 38.8 Å². The van der Waals surface area contributed by atoms with Gasteiger partial charge >= 0.3 is 12.1 Å². The number of hydrogen-bond acceptors (Lipinski definition) is 8. The number of hydrogen-bond donors (Lipinski definition) is 2. The van der Waals surface area contributed by atoms with E-state index in [1.807, 2.05) is 40.7 Å². The molecule has 42 heavy (non-hydrogen) atoms. The van der Waals surface area contributed by atoms with Gasteiger partial charge in [-0.1, -0.05) is 31.0 Å². The molecule has 0 atom stereocenters. The van der Waals surface area contributed by atoms with Crippen LogP contribution in [0.3, 0.4) is 0 Å². The number of benzene rings is 1. The number of alkyl carbamates (subject to hydrolysis) is 1. The number of carbonyl (C=O) groups excluding carboxylic acids is 2. The van der Waals surface area contributed by atoms with Gasteiger partial charge in [0.25, 0.3) is 10.0 Å². The molecule has 228 valence electrons. The molecule has 1 aliphatic rings. The molecule has 0 radical (unpaired) electrons. The average Bonchev–Trinajstić information content (AvgIpc) is 3.29. The first-order valence-corrected chi connectivity index (χ1v) is 16.1. The predicted molar refractivity (Wildman–Crippen MR) is 162 cm³/mol. The van der Waals surface area contributed by atoms with E-state index in [0.717, 1.165) is 37.7 Å². The van der Waals surface area contributed by atoms with Gasteiger partial charge in [-0.3, -0.25) is 0 Å². The minimum absolute atomic E-state index is 0.00727. The second kappa shape index (κ2) is 12.7. The number of fused-ring (bicyclic) bond motifs is 1. The van der Waals surface area contributed by atoms with Crippen LogP contribution in [0.5, 0.6) is 0 Å². The first-order valence-electron chi connectivity index (χ1n) is 14.6. The minimum atomic E-state index is -3.96. The fraction of sp³-hybridized carbons (Fsp3) is 0.516. The van der Waals surface area contributed by atoms with Crippen molar-refractivity contribution in [1.82, 2.24) is 14.3 Å². The number of ether oxygens (including phenoxy) is 2. The van der Waals surface area contributed by atoms with Crippen molar-refractivity contribution in [2.24, 2.45) is 0 Å². The van der Waals surface area contributed by atoms with Crippen molar-refractivity contribution in [2.45, 2.75) is 103 Å². The van der Waals surface area contributed by atoms with E-state index in [9.17, 15) is 18.0 Å². The first-order chi connectivity index (χ1) is 19.8. The molecule has 11 heteroatoms. The van der Waals surface area contributed by atoms with Crippen LogP contribution in [0.4, 0.5) is 10.5 Å². The van der Waals surface area contributed by atoms with E-state index >= 15 is 0 Å². The molecule has 1 aliphatic carbocycles. The lowest BCUT2D eigenvalue weighted by atomic mass is 9.91. The van der Waals surface area contributed by atoms with Gasteiger partial charge in [-0.15, -0.1) is 0 Å². The molecule has 2 heterocycles. The number of aromatic nitrogens is 2. The van der Waals surface area contributed by atoms with Gasteiger partial charge in [0.1, 0.15) is 11.2 Å². The van der Waals surface area contributed by atoms with E-state index in [4.69, 9.17) is 9.47 Å². The van der Waals surface area contributed by atoms with Crippen LogP contribution >= 0.6 is 0 Å². The summed E-state index contributed by atoms with van der Waals surface area (Å²) >= 11 is 0. The van der Waals surface area contributed by atoms with Gasteiger partial charge in [0.2, 0.25) is 0 Å². The highest BCUT2D eigenvalue weighted by Crippen LogP contribution is 2.35. The lowest BCUT2D eigenvalue weighted by Crippen LogP contribution is -2.42. The van der Waals surface area contributed by atoms with Crippen LogP contribution in [0, 0.1) is 6.92 Å². The number of carbonyl (C=O) groups is 2. The van der Waals surface area contributed by atoms with E-state index in [-0.39, 0.29) is 34.8 Å². The van der Waals surface area contributed by atoms with E-state index in [1.165, 1.54) is 10.2 Å². The summed E-state index contributed by atoms with van der Waals surface area (Å²) in [5.41, 5.74) is 2.01. The molecule has 2 aromatic heterocycles. The van der Waals surface area contributed by atoms with Crippen molar-refractivity contribution < 1.29 is 27.5 Å². The molecule has 0 saturated heterocycles. The molecular weight excluding hydrogens is 556 g/mol. The van der Waals surface area contributed by atoms with Crippen LogP contribution in [0.25, 0.3) is 11.0 Å². The third-order valence-corrected chi connectivity index (χ3v) is 8.97. The molecule has 1 amide bonds. The average molecular weight is 599 g/mol. The lowest BCUT2D eigenvalue weighted by molar-refractivity contribution is 0.0488. The number of pyridine rings is 1. The van der Waals surface area contributed by atoms with Gasteiger partial charge in [0.15, 0.2) is 5.65 Å². The molecule has 1 fully saturated rings. The zero-order valence-electron chi connectivity index (χ0n) is 25.3. The fourth-order valence-electron chi connectivity index (χ4n) is 5.27. The van der Waals surface area contributed by atoms with Crippen LogP contribution < -0.4 is 10.6 Å². The fourth-order valence-corrected chi connectivity index (χ4v) is 6.79. The summed E-state index contributed by atoms with van der Waals surface area (Å²) < 4.78 is 39.9. The summed E-state index contributed by atoms with van der Waals surface area (Å²) in [4.78, 5) is 29.9. The summed E-state index contributed by atoms with van der Waals surface area (Å²) in [6, 6.07) is 8.53. The number of aryl methyl sites for hydroxylation is 2. The van der Waals surface area contributed by atoms with E-state index in [2.05, 4.69) is 15.6 Å². The second-order valence-corrected chi connectivity index (χ2v) is 13.6. The van der Waals surface area contributed by atoms with Gasteiger partial charge in [0, 0.05) is 29.4 Å². The van der Waals surface area contributed by atoms with Crippen LogP contribution in [0.2, 0.25) is 0 Å². The number of amides is 1. The Morgan fingerprint density at radius 3 is 2.29 bits per heavy atom. The smallest absolute Gasteiger partial charge is 0.407 e. The molecule has 4 rings (SSSR count). The van der Waals surface area contributed by atoms with Crippen molar-refractivity contribution in [3.05, 3.63) is 53.3 Å². The highest BCUT2D eigenvalue weighted by molar-refractivity contribution is 7.90. The van der Waals surface area contributed by atoms with Crippen molar-refractivity contribution in [2.75, 3.05) is 11.9 Å². The molecule has 10 nitrogen and oxygen atoms in total. The Morgan fingerprint density at radius 1 is 1.05 bits per heavy atom. The number of anilines is 1. The Kier molecular flexibility index (Phi) is 9.50. The monoisotopic (exact) mass is 598 g/mol. The van der Waals surface area contributed by atoms with Gasteiger partial charge in [-0.25, -0.2) is 27.0 Å². The first kappa shape index (κ1) is 31.3. The normalized spacial score (nSPS) is 17.6. The quantitative estimate of drug-likeness (QED) is 0.289. The topological polar surface area (TPSA) is 129 Å². The molecule has 0 bridgehead atoms. The van der Waals surface area contributed by atoms with Crippen LogP contribution in [0.15, 0.2) is 41.4 Å². The predicted octanol–water partition coefficient (Wildman–Crippen LogP) is 5.96. The maximum Gasteiger partial charge on any atom is 0.407 e. The third kappa shape index (κ3) is 7.06. The summed E-state index contributed by atoms with van der Waals surface area (Å²) in [7, 11) is -3.96. The maximum atomic E-state index is 13.9. The minimum Gasteiger partial charge on any atom is -0.462 e. The Morgan fingerprint density at radius 2 is 1.69 bits per heavy atom. The summed E-state index contributed by atoms with van der Waals surface area (Å²) in [5.74, 6) is -0.527. The van der Waals surface area contributed by atoms with Gasteiger partial charge < -0.3 is 20.1 Å². The number of esters is 1. The molecule has 2 N–H and O–H groups in total. The highest BCUT2D eigenvalue weighted by Gasteiger charge is 2.30. The zero-order valence-corrected chi connectivity index (χ0v) is 26.1. The number of rotatable bonds is 9. The number of nitrogens with zero attached hydrogens (tertiary/aromatic N) is 2. The van der Waals surface area contributed by atoms with Crippen LogP contribution in [-0.4, -0.2) is 53.7 Å². The SMILES string of the molecule is CCCc1cc2c(NC3CCC(NC(=O)OC(C)(C)C)CC3)c(C(=O)OCC)cnc2n1S(=O)(=O)c1ccc(C)cc1. The summed E-state index contributed by atoms with van der Waals surface area (Å²) in [6.07, 6.45) is 5.12. The Labute approximate surface area is 248 Å². The second-order valence-electron chi connectivity index (χ2n) is 11.8. The van der Waals surface area contributed by atoms with E-state index in [0.29, 0.717) is 23.2 Å². The number of nitrogens with one attached hydrogen (secondary N) is 2. The van der Waals surface area contributed by atoms with E-state index in [1.54, 1.807) is 31.2 Å². The molecule has 0 spiro atoms. The van der Waals surface area contributed by atoms with Gasteiger partial charge in [-0.05, 0) is 84.9 Å². The zero-order chi connectivity index (χ0) is 30.7. The van der Waals surface area contributed by atoms with Crippen LogP contribution in [-0.2, 0) is 25.9 Å². The lowest BCUT2D eigenvalue weighted by Gasteiger charge is -2.31. The molecular formula is C31H42N4O6S. The van der Waals surface area contributed by atoms with Crippen molar-refractivity contribution in [3.8, 4) is 0 Å². The summed E-state index contributed by atoms with van der Waals surface area (Å²) in [6.45, 7) is 11.3. The van der Waals surface area contributed by atoms with Gasteiger partial charge in [-0.2, -0.15) is 0 Å². The Bertz CT molecular complexity index is 1530. The van der Waals surface area contributed by atoms with Crippen molar-refractivity contribution in [3.63, 3.8) is 0 Å². The largest absolute Gasteiger partial charge is 0.462 e. The maximum absolute atomic E-state index is 13.9. The van der Waals surface area contributed by atoms with E-state index < -0.39 is 27.7 Å². The van der Waals surface area contributed by atoms with Gasteiger partial charge in [0.05, 0.1) is 17.2 Å².